The third-order valence-corrected chi connectivity index (χ3v) is 7.92. The lowest BCUT2D eigenvalue weighted by Gasteiger charge is -2.38. The molecule has 1 heterocycles. The quantitative estimate of drug-likeness (QED) is 0.725. The molecule has 2 aliphatic rings. The maximum Gasteiger partial charge on any atom is 0.264 e. The van der Waals surface area contributed by atoms with Crippen LogP contribution in [-0.2, 0) is 16.4 Å². The molecule has 0 radical (unpaired) electrons. The Balaban J connectivity index is 1.84. The number of fused-ring (bicyclic) bond motifs is 1. The smallest absolute Gasteiger partial charge is 0.264 e. The fraction of sp³-hybridized carbons (Fsp3) is 0.435. The number of ketones is 1. The number of benzene rings is 2. The minimum absolute atomic E-state index is 0.0291. The molecule has 154 valence electrons. The maximum absolute atomic E-state index is 13.7. The third-order valence-electron chi connectivity index (χ3n) is 6.09. The average molecular weight is 414 g/mol. The molecule has 0 aromatic heterocycles. The molecule has 1 unspecified atom stereocenters. The minimum atomic E-state index is -3.87. The fourth-order valence-corrected chi connectivity index (χ4v) is 6.07. The monoisotopic (exact) mass is 413 g/mol. The normalized spacial score (nSPS) is 19.3. The molecule has 1 fully saturated rings. The summed E-state index contributed by atoms with van der Waals surface area (Å²) in [5.74, 6) is 0.198. The molecule has 1 aliphatic carbocycles. The van der Waals surface area contributed by atoms with Crippen molar-refractivity contribution in [1.29, 1.82) is 0 Å². The number of aryl methyl sites for hydroxylation is 1. The zero-order chi connectivity index (χ0) is 20.9. The molecule has 1 N–H and O–H groups in total. The molecule has 1 aliphatic heterocycles. The second-order valence-corrected chi connectivity index (χ2v) is 10.3. The van der Waals surface area contributed by atoms with Crippen LogP contribution in [0.4, 0.5) is 5.69 Å². The highest BCUT2D eigenvalue weighted by Crippen LogP contribution is 2.46. The Kier molecular flexibility index (Phi) is 4.93. The van der Waals surface area contributed by atoms with E-state index in [0.29, 0.717) is 11.8 Å². The number of phenols is 1. The van der Waals surface area contributed by atoms with Gasteiger partial charge in [0, 0.05) is 6.04 Å². The summed E-state index contributed by atoms with van der Waals surface area (Å²) >= 11 is 0. The largest absolute Gasteiger partial charge is 0.507 e. The number of aromatic hydroxyl groups is 1. The summed E-state index contributed by atoms with van der Waals surface area (Å²) in [6.07, 6.45) is 3.77. The van der Waals surface area contributed by atoms with Gasteiger partial charge in [0.05, 0.1) is 16.1 Å². The van der Waals surface area contributed by atoms with E-state index in [1.165, 1.54) is 30.7 Å². The summed E-state index contributed by atoms with van der Waals surface area (Å²) in [5.41, 5.74) is 3.04. The van der Waals surface area contributed by atoms with E-state index in [9.17, 15) is 18.3 Å². The molecule has 4 rings (SSSR count). The molecule has 0 spiro atoms. The molecule has 1 saturated carbocycles. The first-order chi connectivity index (χ1) is 13.7. The molecule has 1 atom stereocenters. The zero-order valence-electron chi connectivity index (χ0n) is 17.1. The van der Waals surface area contributed by atoms with Gasteiger partial charge in [0.25, 0.3) is 10.0 Å². The zero-order valence-corrected chi connectivity index (χ0v) is 17.9. The lowest BCUT2D eigenvalue weighted by atomic mass is 9.91. The highest BCUT2D eigenvalue weighted by molar-refractivity contribution is 7.92. The van der Waals surface area contributed by atoms with Crippen LogP contribution in [0.5, 0.6) is 5.75 Å². The number of Topliss-reactive ketones (excluding diaryl/α,β-unsaturated/α-hetero) is 1. The molecule has 5 nitrogen and oxygen atoms in total. The first-order valence-electron chi connectivity index (χ1n) is 10.2. The van der Waals surface area contributed by atoms with Crippen LogP contribution in [0.2, 0.25) is 0 Å². The topological polar surface area (TPSA) is 74.7 Å². The second kappa shape index (κ2) is 7.17. The van der Waals surface area contributed by atoms with Gasteiger partial charge in [-0.3, -0.25) is 9.10 Å². The van der Waals surface area contributed by atoms with E-state index >= 15 is 0 Å². The molecule has 0 amide bonds. The highest BCUT2D eigenvalue weighted by Gasteiger charge is 2.44. The van der Waals surface area contributed by atoms with E-state index < -0.39 is 10.0 Å². The minimum Gasteiger partial charge on any atom is -0.507 e. The number of carbonyl (C=O) groups is 1. The molecule has 0 bridgehead atoms. The third kappa shape index (κ3) is 3.54. The Bertz CT molecular complexity index is 1070. The van der Waals surface area contributed by atoms with Crippen molar-refractivity contribution in [2.45, 2.75) is 63.3 Å². The molecule has 29 heavy (non-hydrogen) atoms. The second-order valence-electron chi connectivity index (χ2n) is 8.52. The molecule has 0 saturated heterocycles. The molecule has 2 aromatic rings. The van der Waals surface area contributed by atoms with Gasteiger partial charge in [0.1, 0.15) is 5.75 Å². The number of rotatable bonds is 5. The van der Waals surface area contributed by atoms with Crippen LogP contribution in [0, 0.1) is 5.92 Å². The van der Waals surface area contributed by atoms with Crippen LogP contribution < -0.4 is 4.31 Å². The number of nitrogens with zero attached hydrogens (tertiary/aromatic N) is 1. The maximum atomic E-state index is 13.7. The Morgan fingerprint density at radius 3 is 2.45 bits per heavy atom. The first kappa shape index (κ1) is 20.0. The van der Waals surface area contributed by atoms with Gasteiger partial charge >= 0.3 is 0 Å². The summed E-state index contributed by atoms with van der Waals surface area (Å²) in [6, 6.07) is 9.99. The first-order valence-corrected chi connectivity index (χ1v) is 11.7. The van der Waals surface area contributed by atoms with E-state index in [1.807, 2.05) is 12.1 Å². The summed E-state index contributed by atoms with van der Waals surface area (Å²) in [4.78, 5) is 11.9. The van der Waals surface area contributed by atoms with Crippen LogP contribution >= 0.6 is 0 Å². The Labute approximate surface area is 172 Å². The van der Waals surface area contributed by atoms with Gasteiger partial charge in [-0.05, 0) is 79.8 Å². The van der Waals surface area contributed by atoms with Gasteiger partial charge in [-0.15, -0.1) is 0 Å². The van der Waals surface area contributed by atoms with E-state index in [2.05, 4.69) is 19.9 Å². The van der Waals surface area contributed by atoms with Gasteiger partial charge in [-0.25, -0.2) is 8.42 Å². The van der Waals surface area contributed by atoms with Crippen LogP contribution in [0.15, 0.2) is 41.3 Å². The predicted molar refractivity (Wildman–Crippen MR) is 113 cm³/mol. The molecule has 2 aromatic carbocycles. The number of sulfonamides is 1. The van der Waals surface area contributed by atoms with Crippen LogP contribution in [0.25, 0.3) is 0 Å². The van der Waals surface area contributed by atoms with Gasteiger partial charge < -0.3 is 5.11 Å². The SMILES string of the molecule is CC(=O)c1cc(S(=O)(=O)N2c3ccc(C(C)C)cc3CCC2C2CC2)ccc1O. The van der Waals surface area contributed by atoms with Crippen molar-refractivity contribution >= 4 is 21.5 Å². The van der Waals surface area contributed by atoms with Crippen molar-refractivity contribution < 1.29 is 18.3 Å². The van der Waals surface area contributed by atoms with Gasteiger partial charge in [0.2, 0.25) is 0 Å². The van der Waals surface area contributed by atoms with Crippen molar-refractivity contribution in [2.24, 2.45) is 5.92 Å². The van der Waals surface area contributed by atoms with Crippen LogP contribution in [0.1, 0.15) is 67.4 Å². The Morgan fingerprint density at radius 2 is 1.83 bits per heavy atom. The summed E-state index contributed by atoms with van der Waals surface area (Å²) in [6.45, 7) is 5.58. The van der Waals surface area contributed by atoms with Crippen molar-refractivity contribution in [3.05, 3.63) is 53.1 Å². The van der Waals surface area contributed by atoms with Gasteiger partial charge in [0.15, 0.2) is 5.78 Å². The standard InChI is InChI=1S/C23H27NO4S/c1-14(2)17-6-9-22-18(12-17)7-10-21(16-4-5-16)24(22)29(27,28)19-8-11-23(26)20(13-19)15(3)25/h6,8-9,11-14,16,21,26H,4-5,7,10H2,1-3H3. The lowest BCUT2D eigenvalue weighted by molar-refractivity contribution is 0.101. The van der Waals surface area contributed by atoms with Crippen molar-refractivity contribution in [3.8, 4) is 5.75 Å². The predicted octanol–water partition coefficient (Wildman–Crippen LogP) is 4.64. The summed E-state index contributed by atoms with van der Waals surface area (Å²) < 4.78 is 29.0. The number of hydrogen-bond acceptors (Lipinski definition) is 4. The Hall–Kier alpha value is -2.34. The van der Waals surface area contributed by atoms with E-state index in [0.717, 1.165) is 36.9 Å². The molecule has 6 heteroatoms. The average Bonchev–Trinajstić information content (AvgIpc) is 3.51. The van der Waals surface area contributed by atoms with E-state index in [1.54, 1.807) is 4.31 Å². The molecular formula is C23H27NO4S. The summed E-state index contributed by atoms with van der Waals surface area (Å²) in [7, 11) is -3.87. The van der Waals surface area contributed by atoms with E-state index in [4.69, 9.17) is 0 Å². The van der Waals surface area contributed by atoms with Crippen LogP contribution in [-0.4, -0.2) is 25.3 Å². The van der Waals surface area contributed by atoms with Gasteiger partial charge in [-0.2, -0.15) is 0 Å². The molecular weight excluding hydrogens is 386 g/mol. The van der Waals surface area contributed by atoms with Crippen molar-refractivity contribution in [2.75, 3.05) is 4.31 Å². The number of phenolic OH excluding ortho intramolecular Hbond substituents is 1. The highest BCUT2D eigenvalue weighted by atomic mass is 32.2. The Morgan fingerprint density at radius 1 is 1.10 bits per heavy atom. The lowest BCUT2D eigenvalue weighted by Crippen LogP contribution is -2.45. The fourth-order valence-electron chi connectivity index (χ4n) is 4.27. The van der Waals surface area contributed by atoms with Crippen molar-refractivity contribution in [3.63, 3.8) is 0 Å². The van der Waals surface area contributed by atoms with E-state index in [-0.39, 0.29) is 28.0 Å². The summed E-state index contributed by atoms with van der Waals surface area (Å²) in [5, 5.41) is 9.94. The van der Waals surface area contributed by atoms with Crippen molar-refractivity contribution in [1.82, 2.24) is 0 Å². The number of hydrogen-bond donors (Lipinski definition) is 1. The number of carbonyl (C=O) groups excluding carboxylic acids is 1. The van der Waals surface area contributed by atoms with Gasteiger partial charge in [-0.1, -0.05) is 26.0 Å². The number of anilines is 1. The van der Waals surface area contributed by atoms with Crippen LogP contribution in [0.3, 0.4) is 0 Å².